The molecule has 0 aromatic rings. The highest BCUT2D eigenvalue weighted by Crippen LogP contribution is 2.10. The summed E-state index contributed by atoms with van der Waals surface area (Å²) in [5, 5.41) is 0. The van der Waals surface area contributed by atoms with Crippen LogP contribution in [0.25, 0.3) is 0 Å². The van der Waals surface area contributed by atoms with Crippen molar-refractivity contribution in [1.82, 2.24) is 0 Å². The van der Waals surface area contributed by atoms with E-state index in [1.807, 2.05) is 0 Å². The van der Waals surface area contributed by atoms with Crippen molar-refractivity contribution in [2.24, 2.45) is 5.73 Å². The molecule has 142 valence electrons. The Labute approximate surface area is 147 Å². The van der Waals surface area contributed by atoms with Gasteiger partial charge in [0.25, 0.3) is 0 Å². The van der Waals surface area contributed by atoms with Gasteiger partial charge in [0.2, 0.25) is 0 Å². The Morgan fingerprint density at radius 3 is 1.92 bits per heavy atom. The van der Waals surface area contributed by atoms with Crippen LogP contribution in [0.3, 0.4) is 0 Å². The molecule has 2 N–H and O–H groups in total. The molecule has 0 aliphatic carbocycles. The fourth-order valence-corrected chi connectivity index (χ4v) is 2.49. The van der Waals surface area contributed by atoms with E-state index < -0.39 is 12.0 Å². The van der Waals surface area contributed by atoms with Crippen LogP contribution in [0.5, 0.6) is 0 Å². The number of carbonyl (C=O) groups excluding carboxylic acids is 2. The highest BCUT2D eigenvalue weighted by atomic mass is 16.5. The Morgan fingerprint density at radius 2 is 1.38 bits per heavy atom. The van der Waals surface area contributed by atoms with Crippen molar-refractivity contribution in [3.05, 3.63) is 0 Å². The van der Waals surface area contributed by atoms with E-state index in [2.05, 4.69) is 6.92 Å². The largest absolute Gasteiger partial charge is 0.466 e. The van der Waals surface area contributed by atoms with Crippen molar-refractivity contribution < 1.29 is 19.1 Å². The first-order valence-electron chi connectivity index (χ1n) is 9.69. The molecule has 0 spiro atoms. The molecule has 1 atom stereocenters. The molecule has 24 heavy (non-hydrogen) atoms. The zero-order chi connectivity index (χ0) is 18.0. The molecule has 0 amide bonds. The summed E-state index contributed by atoms with van der Waals surface area (Å²) in [5.74, 6) is -0.745. The smallest absolute Gasteiger partial charge is 0.322 e. The minimum absolute atomic E-state index is 0.164. The number of rotatable bonds is 16. The van der Waals surface area contributed by atoms with Gasteiger partial charge in [-0.1, -0.05) is 64.7 Å². The Hall–Kier alpha value is -1.10. The van der Waals surface area contributed by atoms with Gasteiger partial charge in [0.15, 0.2) is 0 Å². The first-order chi connectivity index (χ1) is 11.6. The third-order valence-corrected chi connectivity index (χ3v) is 4.01. The van der Waals surface area contributed by atoms with Crippen LogP contribution in [-0.2, 0) is 19.1 Å². The number of hydrogen-bond acceptors (Lipinski definition) is 5. The fourth-order valence-electron chi connectivity index (χ4n) is 2.49. The fraction of sp³-hybridized carbons (Fsp3) is 0.895. The zero-order valence-electron chi connectivity index (χ0n) is 15.7. The average Bonchev–Trinajstić information content (AvgIpc) is 2.57. The molecule has 0 rings (SSSR count). The number of carbonyl (C=O) groups is 2. The Bertz CT molecular complexity index is 320. The monoisotopic (exact) mass is 343 g/mol. The average molecular weight is 344 g/mol. The van der Waals surface area contributed by atoms with Crippen LogP contribution in [0, 0.1) is 0 Å². The molecule has 0 aliphatic heterocycles. The lowest BCUT2D eigenvalue weighted by Crippen LogP contribution is -2.33. The Kier molecular flexibility index (Phi) is 16.0. The normalized spacial score (nSPS) is 12.0. The summed E-state index contributed by atoms with van der Waals surface area (Å²) < 4.78 is 9.95. The molecular formula is C19H37NO4. The molecule has 0 aromatic carbocycles. The molecule has 0 fully saturated rings. The van der Waals surface area contributed by atoms with Gasteiger partial charge in [0.05, 0.1) is 13.2 Å². The summed E-state index contributed by atoms with van der Waals surface area (Å²) in [7, 11) is 0. The predicted octanol–water partition coefficient (Wildman–Crippen LogP) is 4.12. The van der Waals surface area contributed by atoms with Crippen molar-refractivity contribution in [3.63, 3.8) is 0 Å². The molecule has 0 heterocycles. The molecule has 5 nitrogen and oxygen atoms in total. The lowest BCUT2D eigenvalue weighted by Gasteiger charge is -2.10. The number of unbranched alkanes of at least 4 members (excludes halogenated alkanes) is 9. The van der Waals surface area contributed by atoms with Gasteiger partial charge in [-0.3, -0.25) is 9.59 Å². The predicted molar refractivity (Wildman–Crippen MR) is 96.6 cm³/mol. The molecule has 0 radical (unpaired) electrons. The van der Waals surface area contributed by atoms with Gasteiger partial charge < -0.3 is 15.2 Å². The third-order valence-electron chi connectivity index (χ3n) is 4.01. The maximum atomic E-state index is 11.6. The van der Waals surface area contributed by atoms with Crippen molar-refractivity contribution in [2.45, 2.75) is 96.9 Å². The van der Waals surface area contributed by atoms with Crippen LogP contribution < -0.4 is 5.73 Å². The van der Waals surface area contributed by atoms with Crippen LogP contribution in [0.1, 0.15) is 90.9 Å². The maximum absolute atomic E-state index is 11.6. The molecule has 0 saturated carbocycles. The van der Waals surface area contributed by atoms with Crippen LogP contribution in [0.4, 0.5) is 0 Å². The van der Waals surface area contributed by atoms with Gasteiger partial charge in [-0.05, 0) is 19.8 Å². The van der Waals surface area contributed by atoms with Gasteiger partial charge in [-0.2, -0.15) is 0 Å². The molecular weight excluding hydrogens is 306 g/mol. The molecule has 0 aromatic heterocycles. The minimum atomic E-state index is -0.741. The number of nitrogens with two attached hydrogens (primary N) is 1. The van der Waals surface area contributed by atoms with Crippen LogP contribution in [-0.4, -0.2) is 31.2 Å². The van der Waals surface area contributed by atoms with Gasteiger partial charge in [0.1, 0.15) is 6.04 Å². The van der Waals surface area contributed by atoms with E-state index in [1.165, 1.54) is 51.4 Å². The van der Waals surface area contributed by atoms with Crippen molar-refractivity contribution in [2.75, 3.05) is 13.2 Å². The molecule has 0 unspecified atom stereocenters. The van der Waals surface area contributed by atoms with Crippen LogP contribution in [0.2, 0.25) is 0 Å². The lowest BCUT2D eigenvalue weighted by atomic mass is 10.1. The minimum Gasteiger partial charge on any atom is -0.466 e. The summed E-state index contributed by atoms with van der Waals surface area (Å²) in [5.41, 5.74) is 5.63. The van der Waals surface area contributed by atoms with Gasteiger partial charge >= 0.3 is 11.9 Å². The van der Waals surface area contributed by atoms with E-state index in [4.69, 9.17) is 15.2 Å². The quantitative estimate of drug-likeness (QED) is 0.337. The molecule has 0 saturated heterocycles. The SMILES string of the molecule is CCCCCCCCCCCCOC(=O)CC[C@H](N)C(=O)OCC. The number of ether oxygens (including phenoxy) is 2. The maximum Gasteiger partial charge on any atom is 0.322 e. The number of hydrogen-bond donors (Lipinski definition) is 1. The number of esters is 2. The zero-order valence-corrected chi connectivity index (χ0v) is 15.7. The molecule has 5 heteroatoms. The highest BCUT2D eigenvalue weighted by molar-refractivity contribution is 5.77. The first-order valence-corrected chi connectivity index (χ1v) is 9.69. The van der Waals surface area contributed by atoms with E-state index in [9.17, 15) is 9.59 Å². The molecule has 0 bridgehead atoms. The first kappa shape index (κ1) is 22.9. The second-order valence-electron chi connectivity index (χ2n) is 6.30. The Morgan fingerprint density at radius 1 is 0.833 bits per heavy atom. The van der Waals surface area contributed by atoms with E-state index in [0.29, 0.717) is 13.2 Å². The molecule has 0 aliphatic rings. The van der Waals surface area contributed by atoms with Crippen LogP contribution in [0.15, 0.2) is 0 Å². The Balaban J connectivity index is 3.36. The van der Waals surface area contributed by atoms with Crippen LogP contribution >= 0.6 is 0 Å². The summed E-state index contributed by atoms with van der Waals surface area (Å²) in [6.45, 7) is 4.73. The van der Waals surface area contributed by atoms with E-state index in [1.54, 1.807) is 6.92 Å². The summed E-state index contributed by atoms with van der Waals surface area (Å²) in [6, 6.07) is -0.741. The second kappa shape index (κ2) is 16.7. The summed E-state index contributed by atoms with van der Waals surface area (Å²) >= 11 is 0. The summed E-state index contributed by atoms with van der Waals surface area (Å²) in [6.07, 6.45) is 13.0. The van der Waals surface area contributed by atoms with E-state index in [0.717, 1.165) is 12.8 Å². The van der Waals surface area contributed by atoms with E-state index in [-0.39, 0.29) is 18.8 Å². The van der Waals surface area contributed by atoms with E-state index >= 15 is 0 Å². The van der Waals surface area contributed by atoms with Gasteiger partial charge in [-0.25, -0.2) is 0 Å². The second-order valence-corrected chi connectivity index (χ2v) is 6.30. The standard InChI is InChI=1S/C19H37NO4/c1-3-5-6-7-8-9-10-11-12-13-16-24-18(21)15-14-17(20)19(22)23-4-2/h17H,3-16,20H2,1-2H3/t17-/m0/s1. The van der Waals surface area contributed by atoms with Crippen molar-refractivity contribution in [3.8, 4) is 0 Å². The topological polar surface area (TPSA) is 78.6 Å². The van der Waals surface area contributed by atoms with Crippen molar-refractivity contribution >= 4 is 11.9 Å². The van der Waals surface area contributed by atoms with Gasteiger partial charge in [0, 0.05) is 6.42 Å². The van der Waals surface area contributed by atoms with Crippen molar-refractivity contribution in [1.29, 1.82) is 0 Å². The summed E-state index contributed by atoms with van der Waals surface area (Å²) in [4.78, 5) is 22.9. The van der Waals surface area contributed by atoms with Gasteiger partial charge in [-0.15, -0.1) is 0 Å². The third kappa shape index (κ3) is 14.5. The highest BCUT2D eigenvalue weighted by Gasteiger charge is 2.16. The lowest BCUT2D eigenvalue weighted by molar-refractivity contribution is -0.146.